The topological polar surface area (TPSA) is 39.2 Å². The Labute approximate surface area is 123 Å². The Balaban J connectivity index is 2.29. The quantitative estimate of drug-likeness (QED) is 0.804. The smallest absolute Gasteiger partial charge is 0.167 e. The van der Waals surface area contributed by atoms with Crippen LogP contribution in [-0.4, -0.2) is 17.9 Å². The molecule has 0 radical (unpaired) electrons. The predicted molar refractivity (Wildman–Crippen MR) is 79.7 cm³/mol. The largest absolute Gasteiger partial charge is 0.496 e. The van der Waals surface area contributed by atoms with E-state index in [1.807, 2.05) is 13.8 Å². The zero-order valence-electron chi connectivity index (χ0n) is 11.7. The van der Waals surface area contributed by atoms with Gasteiger partial charge in [-0.3, -0.25) is 9.78 Å². The van der Waals surface area contributed by atoms with E-state index in [-0.39, 0.29) is 12.2 Å². The molecule has 1 heterocycles. The summed E-state index contributed by atoms with van der Waals surface area (Å²) in [7, 11) is 1.58. The van der Waals surface area contributed by atoms with Crippen molar-refractivity contribution in [2.75, 3.05) is 7.11 Å². The van der Waals surface area contributed by atoms with Crippen molar-refractivity contribution < 1.29 is 9.53 Å². The molecule has 0 saturated carbocycles. The molecule has 2 aromatic rings. The first kappa shape index (κ1) is 14.5. The number of carbonyl (C=O) groups is 1. The first-order valence-electron chi connectivity index (χ1n) is 6.30. The summed E-state index contributed by atoms with van der Waals surface area (Å²) in [6.45, 7) is 3.76. The van der Waals surface area contributed by atoms with Crippen LogP contribution in [0.25, 0.3) is 0 Å². The molecule has 0 aliphatic carbocycles. The number of halogens is 1. The average molecular weight is 290 g/mol. The SMILES string of the molecule is COc1ccc(Cl)cc1CC(=O)c1cc(C)nc(C)c1. The molecule has 4 heteroatoms. The molecule has 0 aliphatic heterocycles. The molecule has 0 unspecified atom stereocenters. The Kier molecular flexibility index (Phi) is 4.40. The number of methoxy groups -OCH3 is 1. The third-order valence-corrected chi connectivity index (χ3v) is 3.23. The lowest BCUT2D eigenvalue weighted by atomic mass is 10.0. The summed E-state index contributed by atoms with van der Waals surface area (Å²) >= 11 is 5.98. The number of pyridine rings is 1. The third-order valence-electron chi connectivity index (χ3n) is 3.00. The van der Waals surface area contributed by atoms with Crippen LogP contribution in [0.3, 0.4) is 0 Å². The second-order valence-corrected chi connectivity index (χ2v) is 5.13. The van der Waals surface area contributed by atoms with Gasteiger partial charge in [0.2, 0.25) is 0 Å². The maximum atomic E-state index is 12.4. The van der Waals surface area contributed by atoms with E-state index < -0.39 is 0 Å². The highest BCUT2D eigenvalue weighted by molar-refractivity contribution is 6.30. The summed E-state index contributed by atoms with van der Waals surface area (Å²) in [5.41, 5.74) is 3.13. The number of aryl methyl sites for hydroxylation is 2. The number of nitrogens with zero attached hydrogens (tertiary/aromatic N) is 1. The van der Waals surface area contributed by atoms with Crippen molar-refractivity contribution >= 4 is 17.4 Å². The van der Waals surface area contributed by atoms with E-state index in [2.05, 4.69) is 4.98 Å². The second kappa shape index (κ2) is 6.06. The fraction of sp³-hybridized carbons (Fsp3) is 0.250. The standard InChI is InChI=1S/C16H16ClNO2/c1-10-6-12(7-11(2)18-10)15(19)9-13-8-14(17)4-5-16(13)20-3/h4-8H,9H2,1-3H3. The van der Waals surface area contributed by atoms with E-state index in [1.165, 1.54) is 0 Å². The summed E-state index contributed by atoms with van der Waals surface area (Å²) < 4.78 is 5.26. The molecule has 3 nitrogen and oxygen atoms in total. The first-order chi connectivity index (χ1) is 9.49. The van der Waals surface area contributed by atoms with Crippen molar-refractivity contribution in [3.63, 3.8) is 0 Å². The molecule has 0 amide bonds. The van der Waals surface area contributed by atoms with Crippen molar-refractivity contribution in [1.82, 2.24) is 4.98 Å². The number of Topliss-reactive ketones (excluding diaryl/α,β-unsaturated/α-hetero) is 1. The van der Waals surface area contributed by atoms with Crippen molar-refractivity contribution in [2.45, 2.75) is 20.3 Å². The van der Waals surface area contributed by atoms with Crippen LogP contribution in [0.2, 0.25) is 5.02 Å². The van der Waals surface area contributed by atoms with Gasteiger partial charge in [0.25, 0.3) is 0 Å². The van der Waals surface area contributed by atoms with Gasteiger partial charge in [0.1, 0.15) is 5.75 Å². The van der Waals surface area contributed by atoms with Crippen LogP contribution in [0.4, 0.5) is 0 Å². The second-order valence-electron chi connectivity index (χ2n) is 4.69. The molecule has 1 aromatic heterocycles. The fourth-order valence-electron chi connectivity index (χ4n) is 2.16. The summed E-state index contributed by atoms with van der Waals surface area (Å²) in [5.74, 6) is 0.699. The molecule has 0 spiro atoms. The van der Waals surface area contributed by atoms with Gasteiger partial charge in [-0.2, -0.15) is 0 Å². The van der Waals surface area contributed by atoms with E-state index >= 15 is 0 Å². The number of aromatic nitrogens is 1. The van der Waals surface area contributed by atoms with Crippen molar-refractivity contribution in [3.8, 4) is 5.75 Å². The van der Waals surface area contributed by atoms with E-state index in [0.29, 0.717) is 16.3 Å². The zero-order valence-corrected chi connectivity index (χ0v) is 12.5. The summed E-state index contributed by atoms with van der Waals surface area (Å²) in [4.78, 5) is 16.6. The number of carbonyl (C=O) groups excluding carboxylic acids is 1. The fourth-order valence-corrected chi connectivity index (χ4v) is 2.35. The van der Waals surface area contributed by atoms with Crippen LogP contribution in [-0.2, 0) is 6.42 Å². The maximum absolute atomic E-state index is 12.4. The van der Waals surface area contributed by atoms with Crippen LogP contribution in [0, 0.1) is 13.8 Å². The molecule has 0 aliphatic rings. The minimum absolute atomic E-state index is 0.0270. The number of benzene rings is 1. The van der Waals surface area contributed by atoms with E-state index in [9.17, 15) is 4.79 Å². The van der Waals surface area contributed by atoms with Gasteiger partial charge >= 0.3 is 0 Å². The maximum Gasteiger partial charge on any atom is 0.167 e. The Hall–Kier alpha value is -1.87. The minimum Gasteiger partial charge on any atom is -0.496 e. The van der Waals surface area contributed by atoms with Crippen LogP contribution >= 0.6 is 11.6 Å². The monoisotopic (exact) mass is 289 g/mol. The van der Waals surface area contributed by atoms with Crippen LogP contribution in [0.1, 0.15) is 27.3 Å². The molecule has 1 aromatic carbocycles. The summed E-state index contributed by atoms with van der Waals surface area (Å²) in [5, 5.41) is 0.593. The van der Waals surface area contributed by atoms with Gasteiger partial charge in [-0.1, -0.05) is 11.6 Å². The molecule has 20 heavy (non-hydrogen) atoms. The van der Waals surface area contributed by atoms with Crippen molar-refractivity contribution in [1.29, 1.82) is 0 Å². The highest BCUT2D eigenvalue weighted by Gasteiger charge is 2.12. The summed E-state index contributed by atoms with van der Waals surface area (Å²) in [6, 6.07) is 8.88. The number of hydrogen-bond donors (Lipinski definition) is 0. The molecule has 0 bridgehead atoms. The lowest BCUT2D eigenvalue weighted by Crippen LogP contribution is -2.06. The molecule has 0 fully saturated rings. The van der Waals surface area contributed by atoms with Gasteiger partial charge in [-0.15, -0.1) is 0 Å². The Morgan fingerprint density at radius 1 is 1.20 bits per heavy atom. The van der Waals surface area contributed by atoms with E-state index in [4.69, 9.17) is 16.3 Å². The van der Waals surface area contributed by atoms with Gasteiger partial charge in [0.05, 0.1) is 7.11 Å². The Morgan fingerprint density at radius 2 is 1.85 bits per heavy atom. The van der Waals surface area contributed by atoms with E-state index in [0.717, 1.165) is 17.0 Å². The Bertz CT molecular complexity index is 633. The number of ketones is 1. The molecular formula is C16H16ClNO2. The average Bonchev–Trinajstić information content (AvgIpc) is 2.37. The highest BCUT2D eigenvalue weighted by atomic mass is 35.5. The lowest BCUT2D eigenvalue weighted by Gasteiger charge is -2.09. The first-order valence-corrected chi connectivity index (χ1v) is 6.68. The third kappa shape index (κ3) is 3.36. The van der Waals surface area contributed by atoms with Gasteiger partial charge in [-0.05, 0) is 44.2 Å². The van der Waals surface area contributed by atoms with Gasteiger partial charge in [0.15, 0.2) is 5.78 Å². The van der Waals surface area contributed by atoms with Gasteiger partial charge in [-0.25, -0.2) is 0 Å². The molecular weight excluding hydrogens is 274 g/mol. The van der Waals surface area contributed by atoms with Crippen molar-refractivity contribution in [3.05, 3.63) is 57.9 Å². The van der Waals surface area contributed by atoms with Gasteiger partial charge < -0.3 is 4.74 Å². The molecule has 104 valence electrons. The highest BCUT2D eigenvalue weighted by Crippen LogP contribution is 2.24. The Morgan fingerprint density at radius 3 is 2.45 bits per heavy atom. The molecule has 0 N–H and O–H groups in total. The molecule has 2 rings (SSSR count). The zero-order chi connectivity index (χ0) is 14.7. The van der Waals surface area contributed by atoms with Crippen LogP contribution in [0.15, 0.2) is 30.3 Å². The number of rotatable bonds is 4. The molecule has 0 saturated heterocycles. The van der Waals surface area contributed by atoms with Crippen molar-refractivity contribution in [2.24, 2.45) is 0 Å². The van der Waals surface area contributed by atoms with Crippen LogP contribution in [0.5, 0.6) is 5.75 Å². The minimum atomic E-state index is 0.0270. The lowest BCUT2D eigenvalue weighted by molar-refractivity contribution is 0.0992. The van der Waals surface area contributed by atoms with Gasteiger partial charge in [0, 0.05) is 34.0 Å². The van der Waals surface area contributed by atoms with Crippen LogP contribution < -0.4 is 4.74 Å². The predicted octanol–water partition coefficient (Wildman–Crippen LogP) is 3.79. The number of hydrogen-bond acceptors (Lipinski definition) is 3. The number of ether oxygens (including phenoxy) is 1. The molecule has 0 atom stereocenters. The summed E-state index contributed by atoms with van der Waals surface area (Å²) in [6.07, 6.45) is 0.257. The normalized spacial score (nSPS) is 10.4. The van der Waals surface area contributed by atoms with E-state index in [1.54, 1.807) is 37.4 Å².